The zero-order chi connectivity index (χ0) is 17.3. The molecule has 0 radical (unpaired) electrons. The van der Waals surface area contributed by atoms with Crippen LogP contribution < -0.4 is 10.3 Å². The summed E-state index contributed by atoms with van der Waals surface area (Å²) < 4.78 is 34.0. The average molecular weight is 335 g/mol. The molecule has 130 valence electrons. The van der Waals surface area contributed by atoms with Crippen molar-refractivity contribution in [3.8, 4) is 5.75 Å². The van der Waals surface area contributed by atoms with Crippen LogP contribution in [-0.4, -0.2) is 12.1 Å². The number of hydrogen-bond acceptors (Lipinski definition) is 2. The summed E-state index contributed by atoms with van der Waals surface area (Å²) in [6.45, 7) is 2.20. The van der Waals surface area contributed by atoms with Crippen LogP contribution in [0.25, 0.3) is 10.9 Å². The lowest BCUT2D eigenvalue weighted by Gasteiger charge is -2.16. The first-order chi connectivity index (χ1) is 11.4. The van der Waals surface area contributed by atoms with Crippen LogP contribution in [0.1, 0.15) is 44.6 Å². The smallest absolute Gasteiger partial charge is 0.278 e. The average Bonchev–Trinajstić information content (AvgIpc) is 3.25. The van der Waals surface area contributed by atoms with E-state index in [2.05, 4.69) is 11.9 Å². The molecule has 1 aromatic heterocycles. The maximum Gasteiger partial charge on any atom is 0.278 e. The Kier molecular flexibility index (Phi) is 4.61. The van der Waals surface area contributed by atoms with E-state index in [4.69, 9.17) is 4.74 Å². The summed E-state index contributed by atoms with van der Waals surface area (Å²) in [4.78, 5) is 14.6. The third kappa shape index (κ3) is 3.60. The Morgan fingerprint density at radius 1 is 1.29 bits per heavy atom. The first-order valence-electron chi connectivity index (χ1n) is 8.50. The number of fused-ring (bicyclic) bond motifs is 1. The second-order valence-electron chi connectivity index (χ2n) is 6.89. The van der Waals surface area contributed by atoms with Crippen LogP contribution in [0.4, 0.5) is 8.78 Å². The summed E-state index contributed by atoms with van der Waals surface area (Å²) in [5.41, 5.74) is -0.668. The topological polar surface area (TPSA) is 42.1 Å². The zero-order valence-electron chi connectivity index (χ0n) is 14.1. The van der Waals surface area contributed by atoms with Gasteiger partial charge in [-0.25, -0.2) is 8.78 Å². The molecule has 1 fully saturated rings. The van der Waals surface area contributed by atoms with Crippen LogP contribution in [-0.2, 0) is 5.92 Å². The number of methoxy groups -OCH3 is 1. The number of ether oxygens (including phenoxy) is 1. The van der Waals surface area contributed by atoms with Crippen LogP contribution in [0, 0.1) is 11.8 Å². The normalized spacial score (nSPS) is 20.3. The lowest BCUT2D eigenvalue weighted by molar-refractivity contribution is -0.0171. The summed E-state index contributed by atoms with van der Waals surface area (Å²) >= 11 is 0. The molecule has 0 saturated heterocycles. The van der Waals surface area contributed by atoms with Gasteiger partial charge in [-0.15, -0.1) is 0 Å². The van der Waals surface area contributed by atoms with Gasteiger partial charge >= 0.3 is 0 Å². The minimum Gasteiger partial charge on any atom is -0.497 e. The fourth-order valence-electron chi connectivity index (χ4n) is 3.27. The number of benzene rings is 1. The number of nitrogens with one attached hydrogen (secondary N) is 1. The molecule has 1 heterocycles. The van der Waals surface area contributed by atoms with Crippen molar-refractivity contribution in [3.05, 3.63) is 40.2 Å². The fraction of sp³-hybridized carbons (Fsp3) is 0.526. The Hall–Kier alpha value is -1.91. The molecule has 1 aliphatic carbocycles. The van der Waals surface area contributed by atoms with E-state index in [1.54, 1.807) is 18.2 Å². The minimum absolute atomic E-state index is 0.279. The molecule has 0 amide bonds. The predicted molar refractivity (Wildman–Crippen MR) is 90.8 cm³/mol. The van der Waals surface area contributed by atoms with E-state index in [-0.39, 0.29) is 6.42 Å². The quantitative estimate of drug-likeness (QED) is 0.735. The van der Waals surface area contributed by atoms with E-state index in [9.17, 15) is 13.6 Å². The molecule has 1 unspecified atom stereocenters. The van der Waals surface area contributed by atoms with E-state index in [0.29, 0.717) is 23.1 Å². The maximum absolute atomic E-state index is 14.5. The summed E-state index contributed by atoms with van der Waals surface area (Å²) in [7, 11) is 1.52. The van der Waals surface area contributed by atoms with Crippen molar-refractivity contribution in [1.82, 2.24) is 4.98 Å². The number of pyridine rings is 1. The molecule has 1 aliphatic rings. The Balaban J connectivity index is 1.73. The molecule has 0 bridgehead atoms. The molecule has 3 nitrogen and oxygen atoms in total. The standard InChI is InChI=1S/C19H23F2NO2/c1-12-9-13(12)5-3-4-8-19(20,21)16-10-14-6-7-15(24-2)11-17(14)22-18(16)23/h6-7,10-13H,3-5,8-9H2,1-2H3,(H,22,23)/t12?,13-/m1/s1. The van der Waals surface area contributed by atoms with Crippen LogP contribution in [0.15, 0.2) is 29.1 Å². The lowest BCUT2D eigenvalue weighted by Crippen LogP contribution is -2.25. The number of aromatic amines is 1. The molecule has 1 N–H and O–H groups in total. The van der Waals surface area contributed by atoms with E-state index in [0.717, 1.165) is 24.7 Å². The van der Waals surface area contributed by atoms with Gasteiger partial charge in [-0.3, -0.25) is 4.79 Å². The number of alkyl halides is 2. The molecule has 2 aromatic rings. The molecule has 1 aromatic carbocycles. The van der Waals surface area contributed by atoms with Gasteiger partial charge in [-0.05, 0) is 48.3 Å². The Morgan fingerprint density at radius 3 is 2.71 bits per heavy atom. The Bertz CT molecular complexity index is 785. The molecule has 24 heavy (non-hydrogen) atoms. The number of aromatic nitrogens is 1. The monoisotopic (exact) mass is 335 g/mol. The van der Waals surface area contributed by atoms with Crippen molar-refractivity contribution in [2.24, 2.45) is 11.8 Å². The van der Waals surface area contributed by atoms with Gasteiger partial charge in [0.2, 0.25) is 0 Å². The Labute approximate surface area is 140 Å². The molecule has 5 heteroatoms. The molecule has 2 atom stereocenters. The Morgan fingerprint density at radius 2 is 2.04 bits per heavy atom. The first kappa shape index (κ1) is 16.9. The minimum atomic E-state index is -3.10. The number of unbranched alkanes of at least 4 members (excludes halogenated alkanes) is 1. The van der Waals surface area contributed by atoms with Crippen molar-refractivity contribution >= 4 is 10.9 Å². The van der Waals surface area contributed by atoms with E-state index in [1.807, 2.05) is 0 Å². The molecule has 0 aliphatic heterocycles. The van der Waals surface area contributed by atoms with Gasteiger partial charge in [0, 0.05) is 12.5 Å². The second kappa shape index (κ2) is 6.54. The van der Waals surface area contributed by atoms with Crippen LogP contribution in [0.2, 0.25) is 0 Å². The second-order valence-corrected chi connectivity index (χ2v) is 6.89. The van der Waals surface area contributed by atoms with Crippen molar-refractivity contribution < 1.29 is 13.5 Å². The summed E-state index contributed by atoms with van der Waals surface area (Å²) in [5.74, 6) is -1.05. The third-order valence-corrected chi connectivity index (χ3v) is 5.04. The fourth-order valence-corrected chi connectivity index (χ4v) is 3.27. The van der Waals surface area contributed by atoms with E-state index in [1.165, 1.54) is 19.6 Å². The number of H-pyrrole nitrogens is 1. The highest BCUT2D eigenvalue weighted by Crippen LogP contribution is 2.42. The number of rotatable bonds is 7. The first-order valence-corrected chi connectivity index (χ1v) is 8.50. The van der Waals surface area contributed by atoms with Crippen LogP contribution >= 0.6 is 0 Å². The van der Waals surface area contributed by atoms with E-state index < -0.39 is 17.0 Å². The highest BCUT2D eigenvalue weighted by molar-refractivity contribution is 5.80. The van der Waals surface area contributed by atoms with Gasteiger partial charge in [0.05, 0.1) is 18.2 Å². The highest BCUT2D eigenvalue weighted by Gasteiger charge is 2.35. The van der Waals surface area contributed by atoms with Gasteiger partial charge in [-0.1, -0.05) is 19.8 Å². The summed E-state index contributed by atoms with van der Waals surface area (Å²) in [5, 5.41) is 0.580. The molecule has 0 spiro atoms. The summed E-state index contributed by atoms with van der Waals surface area (Å²) in [6, 6.07) is 6.31. The van der Waals surface area contributed by atoms with Gasteiger partial charge in [0.25, 0.3) is 11.5 Å². The van der Waals surface area contributed by atoms with Crippen LogP contribution in [0.5, 0.6) is 5.75 Å². The molecule has 3 rings (SSSR count). The number of hydrogen-bond donors (Lipinski definition) is 1. The lowest BCUT2D eigenvalue weighted by atomic mass is 10.0. The predicted octanol–water partition coefficient (Wildman–Crippen LogP) is 4.84. The number of halogens is 2. The van der Waals surface area contributed by atoms with Gasteiger partial charge in [-0.2, -0.15) is 0 Å². The SMILES string of the molecule is COc1ccc2cc(C(F)(F)CCCC[C@@H]3CC3C)c(=O)[nH]c2c1. The maximum atomic E-state index is 14.5. The van der Waals surface area contributed by atoms with Crippen LogP contribution in [0.3, 0.4) is 0 Å². The van der Waals surface area contributed by atoms with Crippen molar-refractivity contribution in [1.29, 1.82) is 0 Å². The molecular weight excluding hydrogens is 312 g/mol. The highest BCUT2D eigenvalue weighted by atomic mass is 19.3. The van der Waals surface area contributed by atoms with Crippen molar-refractivity contribution in [2.45, 2.75) is 45.0 Å². The summed E-state index contributed by atoms with van der Waals surface area (Å²) in [6.07, 6.45) is 3.21. The zero-order valence-corrected chi connectivity index (χ0v) is 14.1. The largest absolute Gasteiger partial charge is 0.497 e. The van der Waals surface area contributed by atoms with Gasteiger partial charge < -0.3 is 9.72 Å². The van der Waals surface area contributed by atoms with E-state index >= 15 is 0 Å². The molecular formula is C19H23F2NO2. The van der Waals surface area contributed by atoms with Crippen molar-refractivity contribution in [2.75, 3.05) is 7.11 Å². The molecule has 1 saturated carbocycles. The van der Waals surface area contributed by atoms with Gasteiger partial charge in [0.15, 0.2) is 0 Å². The third-order valence-electron chi connectivity index (χ3n) is 5.04. The van der Waals surface area contributed by atoms with Crippen molar-refractivity contribution in [3.63, 3.8) is 0 Å². The van der Waals surface area contributed by atoms with Gasteiger partial charge in [0.1, 0.15) is 5.75 Å².